The molecule has 0 radical (unpaired) electrons. The van der Waals surface area contributed by atoms with Crippen LogP contribution >= 0.6 is 0 Å². The predicted octanol–water partition coefficient (Wildman–Crippen LogP) is 3.71. The fourth-order valence-electron chi connectivity index (χ4n) is 5.22. The third kappa shape index (κ3) is 4.18. The Morgan fingerprint density at radius 2 is 1.94 bits per heavy atom. The monoisotopic (exact) mass is 448 g/mol. The van der Waals surface area contributed by atoms with Crippen LogP contribution in [-0.2, 0) is 13.0 Å². The second-order valence-electron chi connectivity index (χ2n) is 9.66. The molecule has 4 heterocycles. The molecule has 1 aromatic carbocycles. The van der Waals surface area contributed by atoms with Crippen LogP contribution in [0.2, 0.25) is 0 Å². The molecule has 3 aromatic rings. The number of nitrogens with zero attached hydrogens (tertiary/aromatic N) is 6. The van der Waals surface area contributed by atoms with Gasteiger partial charge < -0.3 is 9.47 Å². The lowest BCUT2D eigenvalue weighted by Crippen LogP contribution is -2.40. The number of rotatable bonds is 3. The average Bonchev–Trinajstić information content (AvgIpc) is 3.30. The van der Waals surface area contributed by atoms with E-state index in [1.54, 1.807) is 24.5 Å². The Bertz CT molecular complexity index is 1230. The molecule has 1 fully saturated rings. The second-order valence-corrected chi connectivity index (χ2v) is 9.66. The van der Waals surface area contributed by atoms with E-state index in [4.69, 9.17) is 4.98 Å². The summed E-state index contributed by atoms with van der Waals surface area (Å²) in [5, 5.41) is 9.06. The van der Waals surface area contributed by atoms with Crippen LogP contribution in [0.4, 0.5) is 0 Å². The largest absolute Gasteiger partial charge is 0.338 e. The first kappa shape index (κ1) is 21.8. The first-order chi connectivity index (χ1) is 16.0. The van der Waals surface area contributed by atoms with Crippen molar-refractivity contribution in [3.63, 3.8) is 0 Å². The summed E-state index contributed by atoms with van der Waals surface area (Å²) in [5.41, 5.74) is 1.24. The highest BCUT2D eigenvalue weighted by molar-refractivity contribution is 5.97. The van der Waals surface area contributed by atoms with E-state index in [9.17, 15) is 9.59 Å². The van der Waals surface area contributed by atoms with Crippen LogP contribution < -0.4 is 5.56 Å². The van der Waals surface area contributed by atoms with E-state index >= 15 is 0 Å². The molecule has 0 spiro atoms. The zero-order valence-corrected chi connectivity index (χ0v) is 19.5. The molecule has 0 N–H and O–H groups in total. The minimum atomic E-state index is -0.00847. The minimum Gasteiger partial charge on any atom is -0.338 e. The molecule has 2 aromatic heterocycles. The molecule has 0 saturated carbocycles. The van der Waals surface area contributed by atoms with Gasteiger partial charge in [-0.15, -0.1) is 10.2 Å². The van der Waals surface area contributed by atoms with Gasteiger partial charge in [0.1, 0.15) is 18.0 Å². The van der Waals surface area contributed by atoms with Gasteiger partial charge in [-0.2, -0.15) is 0 Å². The van der Waals surface area contributed by atoms with Crippen LogP contribution in [-0.4, -0.2) is 48.2 Å². The van der Waals surface area contributed by atoms with E-state index in [2.05, 4.69) is 28.6 Å². The number of fused-ring (bicyclic) bond motifs is 2. The van der Waals surface area contributed by atoms with Crippen molar-refractivity contribution in [2.24, 2.45) is 0 Å². The highest BCUT2D eigenvalue weighted by Gasteiger charge is 2.29. The first-order valence-corrected chi connectivity index (χ1v) is 12.2. The zero-order valence-electron chi connectivity index (χ0n) is 19.5. The smallest absolute Gasteiger partial charge is 0.261 e. The molecule has 5 rings (SSSR count). The number of carbonyl (C=O) groups excluding carboxylic acids is 1. The fourth-order valence-corrected chi connectivity index (χ4v) is 5.22. The Balaban J connectivity index is 1.42. The average molecular weight is 449 g/mol. The molecule has 8 heteroatoms. The number of aryl methyl sites for hydroxylation is 1. The van der Waals surface area contributed by atoms with E-state index in [0.717, 1.165) is 63.3 Å². The number of benzene rings is 1. The molecule has 1 atom stereocenters. The summed E-state index contributed by atoms with van der Waals surface area (Å²) < 4.78 is 3.93. The SMILES string of the molecule is CC(C)n1cnnc1C1CCCN(C(=O)c2ccc3c(=O)n4c(nc3c2)CCCCCC4)C1. The van der Waals surface area contributed by atoms with Gasteiger partial charge in [0.15, 0.2) is 0 Å². The van der Waals surface area contributed by atoms with Gasteiger partial charge in [0.25, 0.3) is 11.5 Å². The highest BCUT2D eigenvalue weighted by atomic mass is 16.2. The summed E-state index contributed by atoms with van der Waals surface area (Å²) in [5.74, 6) is 1.97. The zero-order chi connectivity index (χ0) is 22.9. The third-order valence-electron chi connectivity index (χ3n) is 7.04. The number of aromatic nitrogens is 5. The lowest BCUT2D eigenvalue weighted by atomic mass is 9.96. The number of amides is 1. The van der Waals surface area contributed by atoms with Gasteiger partial charge in [-0.25, -0.2) is 4.98 Å². The quantitative estimate of drug-likeness (QED) is 0.610. The predicted molar refractivity (Wildman–Crippen MR) is 126 cm³/mol. The second kappa shape index (κ2) is 9.08. The maximum Gasteiger partial charge on any atom is 0.261 e. The van der Waals surface area contributed by atoms with Crippen LogP contribution in [0.3, 0.4) is 0 Å². The molecule has 174 valence electrons. The van der Waals surface area contributed by atoms with Crippen molar-refractivity contribution in [3.8, 4) is 0 Å². The van der Waals surface area contributed by atoms with Crippen molar-refractivity contribution in [2.45, 2.75) is 77.3 Å². The van der Waals surface area contributed by atoms with Crippen molar-refractivity contribution in [1.29, 1.82) is 0 Å². The third-order valence-corrected chi connectivity index (χ3v) is 7.04. The molecule has 1 unspecified atom stereocenters. The van der Waals surface area contributed by atoms with Crippen molar-refractivity contribution >= 4 is 16.8 Å². The molecule has 1 saturated heterocycles. The Hall–Kier alpha value is -3.03. The molecule has 0 aliphatic carbocycles. The van der Waals surface area contributed by atoms with Crippen LogP contribution in [0.25, 0.3) is 10.9 Å². The number of hydrogen-bond donors (Lipinski definition) is 0. The van der Waals surface area contributed by atoms with Crippen LogP contribution in [0.15, 0.2) is 29.3 Å². The van der Waals surface area contributed by atoms with Crippen molar-refractivity contribution < 1.29 is 4.79 Å². The van der Waals surface area contributed by atoms with Gasteiger partial charge in [-0.3, -0.25) is 14.2 Å². The van der Waals surface area contributed by atoms with Gasteiger partial charge >= 0.3 is 0 Å². The molecule has 8 nitrogen and oxygen atoms in total. The van der Waals surface area contributed by atoms with Crippen LogP contribution in [0.1, 0.15) is 86.3 Å². The normalized spacial score (nSPS) is 19.4. The van der Waals surface area contributed by atoms with Gasteiger partial charge in [0, 0.05) is 43.6 Å². The van der Waals surface area contributed by atoms with Gasteiger partial charge in [0.2, 0.25) is 0 Å². The topological polar surface area (TPSA) is 85.9 Å². The minimum absolute atomic E-state index is 0.00847. The van der Waals surface area contributed by atoms with Gasteiger partial charge in [-0.1, -0.05) is 12.8 Å². The number of hydrogen-bond acceptors (Lipinski definition) is 5. The number of piperidine rings is 1. The van der Waals surface area contributed by atoms with E-state index in [0.29, 0.717) is 23.0 Å². The van der Waals surface area contributed by atoms with E-state index in [1.165, 1.54) is 6.42 Å². The highest BCUT2D eigenvalue weighted by Crippen LogP contribution is 2.28. The van der Waals surface area contributed by atoms with Crippen LogP contribution in [0, 0.1) is 0 Å². The molecule has 1 amide bonds. The Morgan fingerprint density at radius 3 is 2.79 bits per heavy atom. The van der Waals surface area contributed by atoms with E-state index in [1.807, 2.05) is 9.47 Å². The van der Waals surface area contributed by atoms with Gasteiger partial charge in [0.05, 0.1) is 10.9 Å². The maximum atomic E-state index is 13.4. The van der Waals surface area contributed by atoms with E-state index in [-0.39, 0.29) is 23.4 Å². The summed E-state index contributed by atoms with van der Waals surface area (Å²) in [4.78, 5) is 33.3. The Morgan fingerprint density at radius 1 is 1.09 bits per heavy atom. The summed E-state index contributed by atoms with van der Waals surface area (Å²) in [7, 11) is 0. The summed E-state index contributed by atoms with van der Waals surface area (Å²) in [6.07, 6.45) is 8.91. The summed E-state index contributed by atoms with van der Waals surface area (Å²) in [6.45, 7) is 6.32. The molecule has 33 heavy (non-hydrogen) atoms. The van der Waals surface area contributed by atoms with Crippen molar-refractivity contribution in [2.75, 3.05) is 13.1 Å². The fraction of sp³-hybridized carbons (Fsp3) is 0.560. The van der Waals surface area contributed by atoms with Crippen molar-refractivity contribution in [1.82, 2.24) is 29.2 Å². The standard InChI is InChI=1S/C25H32N6O2/c1-17(2)31-16-26-28-23(31)19-8-7-12-29(15-19)24(32)18-10-11-20-21(14-18)27-22-9-5-3-4-6-13-30(22)25(20)33/h10-11,14,16-17,19H,3-9,12-13,15H2,1-2H3. The van der Waals surface area contributed by atoms with Crippen molar-refractivity contribution in [3.05, 3.63) is 52.1 Å². The summed E-state index contributed by atoms with van der Waals surface area (Å²) >= 11 is 0. The van der Waals surface area contributed by atoms with E-state index < -0.39 is 0 Å². The number of carbonyl (C=O) groups is 1. The molecule has 2 aliphatic rings. The molecule has 2 aliphatic heterocycles. The maximum absolute atomic E-state index is 13.4. The number of likely N-dealkylation sites (tertiary alicyclic amines) is 1. The molecular weight excluding hydrogens is 416 g/mol. The Labute approximate surface area is 193 Å². The molecule has 0 bridgehead atoms. The van der Waals surface area contributed by atoms with Crippen LogP contribution in [0.5, 0.6) is 0 Å². The van der Waals surface area contributed by atoms with Gasteiger partial charge in [-0.05, 0) is 57.7 Å². The molecular formula is C25H32N6O2. The summed E-state index contributed by atoms with van der Waals surface area (Å²) in [6, 6.07) is 5.65. The lowest BCUT2D eigenvalue weighted by Gasteiger charge is -2.33. The Kier molecular flexibility index (Phi) is 6.00. The first-order valence-electron chi connectivity index (χ1n) is 12.2. The lowest BCUT2D eigenvalue weighted by molar-refractivity contribution is 0.0703.